The van der Waals surface area contributed by atoms with Crippen molar-refractivity contribution in [2.45, 2.75) is 6.92 Å². The van der Waals surface area contributed by atoms with Crippen molar-refractivity contribution in [2.75, 3.05) is 5.73 Å². The molecule has 0 aliphatic heterocycles. The zero-order valence-corrected chi connectivity index (χ0v) is 7.33. The Morgan fingerprint density at radius 1 is 1.46 bits per heavy atom. The average molecular weight is 179 g/mol. The molecule has 0 radical (unpaired) electrons. The number of rotatable bonds is 0. The van der Waals surface area contributed by atoms with Gasteiger partial charge in [0.15, 0.2) is 11.2 Å². The Hall–Kier alpha value is -1.85. The van der Waals surface area contributed by atoms with Crippen molar-refractivity contribution in [1.82, 2.24) is 19.5 Å². The minimum absolute atomic E-state index is 0.0931. The first-order valence-electron chi connectivity index (χ1n) is 3.78. The van der Waals surface area contributed by atoms with Gasteiger partial charge in [0.25, 0.3) is 5.56 Å². The lowest BCUT2D eigenvalue weighted by Gasteiger charge is -1.94. The number of anilines is 1. The van der Waals surface area contributed by atoms with E-state index >= 15 is 0 Å². The van der Waals surface area contributed by atoms with Crippen molar-refractivity contribution < 1.29 is 0 Å². The Balaban J connectivity index is 3.03. The van der Waals surface area contributed by atoms with Gasteiger partial charge in [-0.2, -0.15) is 4.98 Å². The molecule has 0 fully saturated rings. The number of hydrogen-bond donors (Lipinski definition) is 2. The van der Waals surface area contributed by atoms with E-state index in [0.29, 0.717) is 11.2 Å². The van der Waals surface area contributed by atoms with Crippen LogP contribution in [0.5, 0.6) is 0 Å². The standard InChI is InChI=1S/C7H9N5O/c1-3-9-5-4(12(3)2)6(13)11-7(8)10-5/h1-2H3,(H3,8,10,11,13). The fraction of sp³-hybridized carbons (Fsp3) is 0.286. The Morgan fingerprint density at radius 3 is 2.85 bits per heavy atom. The van der Waals surface area contributed by atoms with E-state index in [-0.39, 0.29) is 11.5 Å². The van der Waals surface area contributed by atoms with E-state index in [4.69, 9.17) is 5.73 Å². The van der Waals surface area contributed by atoms with E-state index in [2.05, 4.69) is 15.0 Å². The van der Waals surface area contributed by atoms with E-state index in [0.717, 1.165) is 5.82 Å². The van der Waals surface area contributed by atoms with Crippen LogP contribution in [-0.4, -0.2) is 19.5 Å². The van der Waals surface area contributed by atoms with Gasteiger partial charge in [-0.3, -0.25) is 9.78 Å². The lowest BCUT2D eigenvalue weighted by atomic mass is 10.5. The van der Waals surface area contributed by atoms with Crippen LogP contribution in [0.3, 0.4) is 0 Å². The van der Waals surface area contributed by atoms with E-state index in [1.54, 1.807) is 18.5 Å². The molecule has 6 heteroatoms. The summed E-state index contributed by atoms with van der Waals surface area (Å²) in [5.41, 5.74) is 5.95. The van der Waals surface area contributed by atoms with Crippen LogP contribution < -0.4 is 11.3 Å². The Morgan fingerprint density at radius 2 is 2.15 bits per heavy atom. The smallest absolute Gasteiger partial charge is 0.278 e. The molecule has 0 atom stereocenters. The third-order valence-electron chi connectivity index (χ3n) is 1.98. The molecule has 0 aliphatic carbocycles. The number of aromatic amines is 1. The number of aryl methyl sites for hydroxylation is 2. The molecule has 0 saturated heterocycles. The summed E-state index contributed by atoms with van der Waals surface area (Å²) in [7, 11) is 1.76. The third kappa shape index (κ3) is 0.986. The van der Waals surface area contributed by atoms with Crippen LogP contribution in [0.1, 0.15) is 5.82 Å². The highest BCUT2D eigenvalue weighted by Crippen LogP contribution is 2.07. The van der Waals surface area contributed by atoms with Crippen molar-refractivity contribution >= 4 is 17.1 Å². The quantitative estimate of drug-likeness (QED) is 0.573. The van der Waals surface area contributed by atoms with Gasteiger partial charge >= 0.3 is 0 Å². The minimum atomic E-state index is -0.259. The first kappa shape index (κ1) is 7.78. The predicted octanol–water partition coefficient (Wildman–Crippen LogP) is -0.453. The third-order valence-corrected chi connectivity index (χ3v) is 1.98. The van der Waals surface area contributed by atoms with Crippen molar-refractivity contribution in [3.8, 4) is 0 Å². The summed E-state index contributed by atoms with van der Waals surface area (Å²) in [6.45, 7) is 1.80. The summed E-state index contributed by atoms with van der Waals surface area (Å²) in [5, 5.41) is 0. The van der Waals surface area contributed by atoms with Gasteiger partial charge in [0.05, 0.1) is 0 Å². The van der Waals surface area contributed by atoms with E-state index in [1.807, 2.05) is 0 Å². The topological polar surface area (TPSA) is 89.6 Å². The zero-order valence-electron chi connectivity index (χ0n) is 7.33. The molecule has 2 aromatic heterocycles. The number of fused-ring (bicyclic) bond motifs is 1. The van der Waals surface area contributed by atoms with Crippen LogP contribution in [0.25, 0.3) is 11.2 Å². The van der Waals surface area contributed by atoms with Crippen molar-refractivity contribution in [3.63, 3.8) is 0 Å². The SMILES string of the molecule is Cc1nc2nc(N)[nH]c(=O)c2n1C. The van der Waals surface area contributed by atoms with Gasteiger partial charge in [-0.15, -0.1) is 0 Å². The molecule has 68 valence electrons. The fourth-order valence-corrected chi connectivity index (χ4v) is 1.24. The minimum Gasteiger partial charge on any atom is -0.369 e. The maximum Gasteiger partial charge on any atom is 0.278 e. The van der Waals surface area contributed by atoms with Gasteiger partial charge in [-0.25, -0.2) is 4.98 Å². The molecule has 0 saturated carbocycles. The highest BCUT2D eigenvalue weighted by molar-refractivity contribution is 5.71. The van der Waals surface area contributed by atoms with Gasteiger partial charge in [-0.1, -0.05) is 0 Å². The van der Waals surface area contributed by atoms with Crippen molar-refractivity contribution in [1.29, 1.82) is 0 Å². The van der Waals surface area contributed by atoms with Crippen LogP contribution in [0.15, 0.2) is 4.79 Å². The number of nitrogens with one attached hydrogen (secondary N) is 1. The van der Waals surface area contributed by atoms with Gasteiger partial charge in [-0.05, 0) is 6.92 Å². The average Bonchev–Trinajstić information content (AvgIpc) is 2.27. The second kappa shape index (κ2) is 2.32. The fourth-order valence-electron chi connectivity index (χ4n) is 1.24. The summed E-state index contributed by atoms with van der Waals surface area (Å²) in [6, 6.07) is 0. The highest BCUT2D eigenvalue weighted by atomic mass is 16.1. The van der Waals surface area contributed by atoms with Crippen LogP contribution in [0.4, 0.5) is 5.95 Å². The number of aromatic nitrogens is 4. The molecular weight excluding hydrogens is 170 g/mol. The number of nitrogen functional groups attached to an aromatic ring is 1. The molecule has 0 aliphatic rings. The molecule has 2 aromatic rings. The van der Waals surface area contributed by atoms with E-state index < -0.39 is 0 Å². The van der Waals surface area contributed by atoms with Gasteiger partial charge < -0.3 is 10.3 Å². The Kier molecular flexibility index (Phi) is 1.39. The van der Waals surface area contributed by atoms with Crippen LogP contribution in [0.2, 0.25) is 0 Å². The summed E-state index contributed by atoms with van der Waals surface area (Å²) in [4.78, 5) is 21.8. The first-order chi connectivity index (χ1) is 6.09. The van der Waals surface area contributed by atoms with Crippen LogP contribution >= 0.6 is 0 Å². The highest BCUT2D eigenvalue weighted by Gasteiger charge is 2.09. The van der Waals surface area contributed by atoms with Gasteiger partial charge in [0.2, 0.25) is 5.95 Å². The molecule has 6 nitrogen and oxygen atoms in total. The van der Waals surface area contributed by atoms with Crippen molar-refractivity contribution in [2.24, 2.45) is 7.05 Å². The number of imidazole rings is 1. The maximum atomic E-state index is 11.4. The van der Waals surface area contributed by atoms with Crippen LogP contribution in [0, 0.1) is 6.92 Å². The summed E-state index contributed by atoms with van der Waals surface area (Å²) in [6.07, 6.45) is 0. The van der Waals surface area contributed by atoms with E-state index in [1.165, 1.54) is 0 Å². The number of hydrogen-bond acceptors (Lipinski definition) is 4. The van der Waals surface area contributed by atoms with Crippen LogP contribution in [-0.2, 0) is 7.05 Å². The molecule has 13 heavy (non-hydrogen) atoms. The number of H-pyrrole nitrogens is 1. The molecule has 3 N–H and O–H groups in total. The summed E-state index contributed by atoms with van der Waals surface area (Å²) >= 11 is 0. The van der Waals surface area contributed by atoms with Gasteiger partial charge in [0.1, 0.15) is 5.82 Å². The first-order valence-corrected chi connectivity index (χ1v) is 3.78. The Bertz CT molecular complexity index is 523. The maximum absolute atomic E-state index is 11.4. The normalized spacial score (nSPS) is 10.9. The molecule has 2 rings (SSSR count). The molecule has 2 heterocycles. The largest absolute Gasteiger partial charge is 0.369 e. The number of nitrogens with two attached hydrogens (primary N) is 1. The lowest BCUT2D eigenvalue weighted by molar-refractivity contribution is 0.880. The Labute approximate surface area is 73.4 Å². The molecule has 0 bridgehead atoms. The van der Waals surface area contributed by atoms with Crippen molar-refractivity contribution in [3.05, 3.63) is 16.2 Å². The molecule has 0 spiro atoms. The predicted molar refractivity (Wildman–Crippen MR) is 48.3 cm³/mol. The second-order valence-corrected chi connectivity index (χ2v) is 2.84. The molecule has 0 amide bonds. The molecule has 0 aromatic carbocycles. The summed E-state index contributed by atoms with van der Waals surface area (Å²) in [5.74, 6) is 0.828. The monoisotopic (exact) mass is 179 g/mol. The molecular formula is C7H9N5O. The summed E-state index contributed by atoms with van der Waals surface area (Å²) < 4.78 is 1.68. The lowest BCUT2D eigenvalue weighted by Crippen LogP contribution is -2.13. The van der Waals surface area contributed by atoms with Gasteiger partial charge in [0, 0.05) is 7.05 Å². The molecule has 0 unspecified atom stereocenters. The zero-order chi connectivity index (χ0) is 9.59. The van der Waals surface area contributed by atoms with E-state index in [9.17, 15) is 4.79 Å². The number of nitrogens with zero attached hydrogens (tertiary/aromatic N) is 3. The second-order valence-electron chi connectivity index (χ2n) is 2.84.